The van der Waals surface area contributed by atoms with Crippen molar-refractivity contribution < 1.29 is 27.9 Å². The molecule has 0 saturated carbocycles. The van der Waals surface area contributed by atoms with E-state index in [2.05, 4.69) is 11.8 Å². The summed E-state index contributed by atoms with van der Waals surface area (Å²) in [5.41, 5.74) is 3.23. The molecular formula is C25H34N2O6S. The van der Waals surface area contributed by atoms with Crippen LogP contribution in [0.2, 0.25) is 0 Å². The normalized spacial score (nSPS) is 16.1. The van der Waals surface area contributed by atoms with Gasteiger partial charge < -0.3 is 9.47 Å². The predicted octanol–water partition coefficient (Wildman–Crippen LogP) is 3.33. The van der Waals surface area contributed by atoms with E-state index in [0.717, 1.165) is 24.2 Å². The quantitative estimate of drug-likeness (QED) is 0.283. The maximum atomic E-state index is 13.5. The summed E-state index contributed by atoms with van der Waals surface area (Å²) >= 11 is 0. The van der Waals surface area contributed by atoms with Crippen molar-refractivity contribution >= 4 is 15.7 Å². The van der Waals surface area contributed by atoms with Gasteiger partial charge in [0.15, 0.2) is 14.6 Å². The second-order valence-electron chi connectivity index (χ2n) is 8.67. The average Bonchev–Trinajstić information content (AvgIpc) is 2.85. The molecule has 186 valence electrons. The lowest BCUT2D eigenvalue weighted by Gasteiger charge is -2.39. The van der Waals surface area contributed by atoms with Crippen LogP contribution in [0.5, 0.6) is 11.5 Å². The van der Waals surface area contributed by atoms with E-state index < -0.39 is 20.5 Å². The van der Waals surface area contributed by atoms with E-state index in [4.69, 9.17) is 9.47 Å². The third-order valence-electron chi connectivity index (χ3n) is 6.36. The molecule has 34 heavy (non-hydrogen) atoms. The Labute approximate surface area is 201 Å². The van der Waals surface area contributed by atoms with Gasteiger partial charge in [-0.15, -0.1) is 0 Å². The number of nitrogens with zero attached hydrogens (tertiary/aromatic N) is 1. The summed E-state index contributed by atoms with van der Waals surface area (Å²) in [5.74, 6) is 0.287. The summed E-state index contributed by atoms with van der Waals surface area (Å²) in [7, 11) is -2.30. The van der Waals surface area contributed by atoms with Crippen molar-refractivity contribution in [2.75, 3.05) is 26.8 Å². The van der Waals surface area contributed by atoms with Gasteiger partial charge in [0.05, 0.1) is 19.5 Å². The zero-order valence-electron chi connectivity index (χ0n) is 19.8. The number of nitrogens with one attached hydrogen (secondary N) is 1. The van der Waals surface area contributed by atoms with Crippen molar-refractivity contribution in [3.63, 3.8) is 0 Å². The van der Waals surface area contributed by atoms with Gasteiger partial charge in [0.25, 0.3) is 5.91 Å². The van der Waals surface area contributed by atoms with Crippen molar-refractivity contribution in [2.24, 2.45) is 0 Å². The molecule has 0 bridgehead atoms. The van der Waals surface area contributed by atoms with Crippen molar-refractivity contribution in [3.8, 4) is 11.5 Å². The van der Waals surface area contributed by atoms with Crippen LogP contribution >= 0.6 is 0 Å². The molecule has 0 spiro atoms. The number of rotatable bonds is 11. The molecular weight excluding hydrogens is 456 g/mol. The highest BCUT2D eigenvalue weighted by Gasteiger charge is 2.52. The van der Waals surface area contributed by atoms with Crippen LogP contribution in [0.4, 0.5) is 0 Å². The second-order valence-corrected chi connectivity index (χ2v) is 11.0. The van der Waals surface area contributed by atoms with Crippen LogP contribution < -0.4 is 15.0 Å². The van der Waals surface area contributed by atoms with Gasteiger partial charge in [-0.1, -0.05) is 37.6 Å². The van der Waals surface area contributed by atoms with Gasteiger partial charge >= 0.3 is 0 Å². The number of ether oxygens (including phenoxy) is 2. The summed E-state index contributed by atoms with van der Waals surface area (Å²) in [4.78, 5) is 14.8. The van der Waals surface area contributed by atoms with Crippen LogP contribution in [0.25, 0.3) is 0 Å². The number of hydrogen-bond acceptors (Lipinski definition) is 7. The van der Waals surface area contributed by atoms with E-state index in [1.807, 2.05) is 24.3 Å². The number of sulfone groups is 1. The van der Waals surface area contributed by atoms with E-state index in [-0.39, 0.29) is 18.6 Å². The molecule has 8 nitrogen and oxygen atoms in total. The molecule has 0 aliphatic carbocycles. The first-order chi connectivity index (χ1) is 16.3. The van der Waals surface area contributed by atoms with Gasteiger partial charge in [0.1, 0.15) is 11.5 Å². The number of carbonyl (C=O) groups excluding carboxylic acids is 1. The molecule has 1 aliphatic rings. The fourth-order valence-electron chi connectivity index (χ4n) is 4.26. The number of piperidine rings is 1. The largest absolute Gasteiger partial charge is 0.497 e. The molecule has 2 aromatic carbocycles. The van der Waals surface area contributed by atoms with Crippen molar-refractivity contribution in [1.82, 2.24) is 10.4 Å². The number of carbonyl (C=O) groups is 1. The lowest BCUT2D eigenvalue weighted by Crippen LogP contribution is -2.57. The molecule has 9 heteroatoms. The number of methoxy groups -OCH3 is 1. The van der Waals surface area contributed by atoms with Crippen molar-refractivity contribution in [2.45, 2.75) is 49.7 Å². The average molecular weight is 491 g/mol. The second kappa shape index (κ2) is 11.7. The molecule has 0 unspecified atom stereocenters. The molecule has 3 rings (SSSR count). The van der Waals surface area contributed by atoms with Crippen LogP contribution in [-0.2, 0) is 26.9 Å². The number of benzene rings is 2. The fourth-order valence-corrected chi connectivity index (χ4v) is 6.30. The smallest absolute Gasteiger partial charge is 0.264 e. The lowest BCUT2D eigenvalue weighted by molar-refractivity contribution is -0.133. The zero-order chi connectivity index (χ0) is 24.6. The van der Waals surface area contributed by atoms with Gasteiger partial charge in [0.2, 0.25) is 0 Å². The van der Waals surface area contributed by atoms with E-state index in [0.29, 0.717) is 37.6 Å². The Bertz CT molecular complexity index is 1050. The summed E-state index contributed by atoms with van der Waals surface area (Å²) in [5, 5.41) is 9.37. The third-order valence-corrected chi connectivity index (χ3v) is 8.86. The highest BCUT2D eigenvalue weighted by molar-refractivity contribution is 7.92. The van der Waals surface area contributed by atoms with E-state index in [1.54, 1.807) is 36.9 Å². The molecule has 2 N–H and O–H groups in total. The van der Waals surface area contributed by atoms with Crippen LogP contribution in [0, 0.1) is 0 Å². The Balaban J connectivity index is 1.70. The maximum Gasteiger partial charge on any atom is 0.264 e. The lowest BCUT2D eigenvalue weighted by atomic mass is 9.94. The minimum atomic E-state index is -3.91. The highest BCUT2D eigenvalue weighted by atomic mass is 32.2. The summed E-state index contributed by atoms with van der Waals surface area (Å²) in [6, 6.07) is 14.6. The number of likely N-dealkylation sites (tertiary alicyclic amines) is 1. The topological polar surface area (TPSA) is 105 Å². The molecule has 1 saturated heterocycles. The molecule has 0 radical (unpaired) electrons. The highest BCUT2D eigenvalue weighted by Crippen LogP contribution is 2.34. The van der Waals surface area contributed by atoms with Crippen LogP contribution in [0.3, 0.4) is 0 Å². The summed E-state index contributed by atoms with van der Waals surface area (Å²) in [6.45, 7) is 4.13. The van der Waals surface area contributed by atoms with Gasteiger partial charge in [-0.05, 0) is 54.7 Å². The molecule has 0 aromatic heterocycles. The zero-order valence-corrected chi connectivity index (χ0v) is 20.6. The van der Waals surface area contributed by atoms with Crippen LogP contribution in [0.15, 0.2) is 48.5 Å². The third kappa shape index (κ3) is 6.08. The van der Waals surface area contributed by atoms with Gasteiger partial charge in [-0.25, -0.2) is 13.9 Å². The monoisotopic (exact) mass is 490 g/mol. The van der Waals surface area contributed by atoms with E-state index in [1.165, 1.54) is 0 Å². The van der Waals surface area contributed by atoms with Crippen molar-refractivity contribution in [1.29, 1.82) is 0 Å². The minimum Gasteiger partial charge on any atom is -0.497 e. The summed E-state index contributed by atoms with van der Waals surface area (Å²) in [6.07, 6.45) is 2.18. The Morgan fingerprint density at radius 2 is 1.79 bits per heavy atom. The SMILES string of the molecule is CCCCOc1ccc(CS(=O)(=O)C2(C(=O)NO)CCN(Cc3cccc(OC)c3)CC2)cc1. The first-order valence-electron chi connectivity index (χ1n) is 11.6. The van der Waals surface area contributed by atoms with E-state index in [9.17, 15) is 18.4 Å². The Kier molecular flexibility index (Phi) is 8.93. The number of unbranched alkanes of at least 4 members (excludes halogenated alkanes) is 1. The van der Waals surface area contributed by atoms with Gasteiger partial charge in [0, 0.05) is 19.6 Å². The fraction of sp³-hybridized carbons (Fsp3) is 0.480. The van der Waals surface area contributed by atoms with Gasteiger partial charge in [-0.3, -0.25) is 14.9 Å². The van der Waals surface area contributed by atoms with Crippen molar-refractivity contribution in [3.05, 3.63) is 59.7 Å². The molecule has 1 heterocycles. The number of amides is 1. The summed E-state index contributed by atoms with van der Waals surface area (Å²) < 4.78 is 36.2. The molecule has 1 fully saturated rings. The first-order valence-corrected chi connectivity index (χ1v) is 13.2. The molecule has 1 aliphatic heterocycles. The first kappa shape index (κ1) is 26.0. The van der Waals surface area contributed by atoms with E-state index >= 15 is 0 Å². The van der Waals surface area contributed by atoms with Crippen LogP contribution in [0.1, 0.15) is 43.7 Å². The minimum absolute atomic E-state index is 0.101. The molecule has 1 amide bonds. The Morgan fingerprint density at radius 3 is 2.41 bits per heavy atom. The number of hydrogen-bond donors (Lipinski definition) is 2. The molecule has 0 atom stereocenters. The Hall–Kier alpha value is -2.62. The predicted molar refractivity (Wildman–Crippen MR) is 130 cm³/mol. The van der Waals surface area contributed by atoms with Gasteiger partial charge in [-0.2, -0.15) is 0 Å². The number of hydroxylamine groups is 1. The standard InChI is InChI=1S/C25H34N2O6S/c1-3-4-16-33-22-10-8-20(9-11-22)19-34(30,31)25(24(28)26-29)12-14-27(15-13-25)18-21-6-5-7-23(17-21)32-2/h5-11,17,29H,3-4,12-16,18-19H2,1-2H3,(H,26,28). The molecule has 2 aromatic rings. The maximum absolute atomic E-state index is 13.5. The van der Waals surface area contributed by atoms with Crippen LogP contribution in [-0.4, -0.2) is 56.0 Å². The Morgan fingerprint density at radius 1 is 1.09 bits per heavy atom.